The Labute approximate surface area is 200 Å². The molecule has 0 radical (unpaired) electrons. The standard InChI is InChI=1S/C25H32Cl2N2O3/c1-4-25(31,20-6-5-7-21(16-20)32-3)18(2)17-28-10-12-29(13-11-28)24(30)15-19-8-9-22(26)23(27)14-19/h5-9,14,16,18,31H,4,10-13,15,17H2,1-3H3. The van der Waals surface area contributed by atoms with Gasteiger partial charge < -0.3 is 14.7 Å². The van der Waals surface area contributed by atoms with E-state index in [1.54, 1.807) is 19.2 Å². The van der Waals surface area contributed by atoms with Crippen molar-refractivity contribution in [3.05, 3.63) is 63.6 Å². The molecule has 2 atom stereocenters. The molecule has 2 unspecified atom stereocenters. The van der Waals surface area contributed by atoms with Crippen LogP contribution >= 0.6 is 23.2 Å². The molecule has 1 aliphatic rings. The van der Waals surface area contributed by atoms with Crippen LogP contribution in [0.5, 0.6) is 5.75 Å². The quantitative estimate of drug-likeness (QED) is 0.601. The van der Waals surface area contributed by atoms with Crippen molar-refractivity contribution < 1.29 is 14.6 Å². The maximum absolute atomic E-state index is 12.7. The second kappa shape index (κ2) is 10.9. The first-order valence-corrected chi connectivity index (χ1v) is 11.8. The highest BCUT2D eigenvalue weighted by molar-refractivity contribution is 6.42. The van der Waals surface area contributed by atoms with Crippen LogP contribution in [-0.4, -0.2) is 60.6 Å². The number of benzene rings is 2. The van der Waals surface area contributed by atoms with E-state index in [1.165, 1.54) is 0 Å². The van der Waals surface area contributed by atoms with Crippen LogP contribution in [0, 0.1) is 5.92 Å². The van der Waals surface area contributed by atoms with Crippen LogP contribution in [0.25, 0.3) is 0 Å². The van der Waals surface area contributed by atoms with Gasteiger partial charge in [-0.1, -0.05) is 55.2 Å². The smallest absolute Gasteiger partial charge is 0.227 e. The Bertz CT molecular complexity index is 931. The van der Waals surface area contributed by atoms with Gasteiger partial charge in [-0.15, -0.1) is 0 Å². The number of halogens is 2. The van der Waals surface area contributed by atoms with Crippen LogP contribution in [0.2, 0.25) is 10.0 Å². The first-order valence-electron chi connectivity index (χ1n) is 11.1. The fraction of sp³-hybridized carbons (Fsp3) is 0.480. The molecule has 1 fully saturated rings. The number of aliphatic hydroxyl groups is 1. The fourth-order valence-corrected chi connectivity index (χ4v) is 4.70. The highest BCUT2D eigenvalue weighted by Gasteiger charge is 2.36. The number of rotatable bonds is 8. The highest BCUT2D eigenvalue weighted by Crippen LogP contribution is 2.35. The second-order valence-corrected chi connectivity index (χ2v) is 9.33. The van der Waals surface area contributed by atoms with E-state index >= 15 is 0 Å². The average molecular weight is 479 g/mol. The summed E-state index contributed by atoms with van der Waals surface area (Å²) in [4.78, 5) is 17.0. The maximum atomic E-state index is 12.7. The van der Waals surface area contributed by atoms with Crippen LogP contribution < -0.4 is 4.74 Å². The Morgan fingerprint density at radius 3 is 2.47 bits per heavy atom. The molecule has 0 spiro atoms. The minimum absolute atomic E-state index is 0.0260. The van der Waals surface area contributed by atoms with Crippen molar-refractivity contribution in [1.29, 1.82) is 0 Å². The highest BCUT2D eigenvalue weighted by atomic mass is 35.5. The number of piperazine rings is 1. The zero-order valence-electron chi connectivity index (χ0n) is 19.0. The fourth-order valence-electron chi connectivity index (χ4n) is 4.38. The van der Waals surface area contributed by atoms with Gasteiger partial charge >= 0.3 is 0 Å². The molecule has 5 nitrogen and oxygen atoms in total. The van der Waals surface area contributed by atoms with Gasteiger partial charge in [-0.25, -0.2) is 0 Å². The Balaban J connectivity index is 1.56. The molecule has 1 heterocycles. The van der Waals surface area contributed by atoms with Crippen molar-refractivity contribution in [1.82, 2.24) is 9.80 Å². The first kappa shape index (κ1) is 24.8. The van der Waals surface area contributed by atoms with E-state index < -0.39 is 5.60 Å². The summed E-state index contributed by atoms with van der Waals surface area (Å²) in [6, 6.07) is 13.0. The third-order valence-corrected chi connectivity index (χ3v) is 7.26. The Hall–Kier alpha value is -1.79. The zero-order chi connectivity index (χ0) is 23.3. The first-order chi connectivity index (χ1) is 15.3. The van der Waals surface area contributed by atoms with Crippen molar-refractivity contribution in [2.45, 2.75) is 32.3 Å². The number of hydrogen-bond acceptors (Lipinski definition) is 4. The van der Waals surface area contributed by atoms with Crippen molar-refractivity contribution >= 4 is 29.1 Å². The molecule has 32 heavy (non-hydrogen) atoms. The number of carbonyl (C=O) groups is 1. The minimum Gasteiger partial charge on any atom is -0.497 e. The minimum atomic E-state index is -0.935. The van der Waals surface area contributed by atoms with Gasteiger partial charge in [0, 0.05) is 38.6 Å². The van der Waals surface area contributed by atoms with E-state index in [4.69, 9.17) is 27.9 Å². The maximum Gasteiger partial charge on any atom is 0.227 e. The van der Waals surface area contributed by atoms with Crippen molar-refractivity contribution in [2.24, 2.45) is 5.92 Å². The lowest BCUT2D eigenvalue weighted by Crippen LogP contribution is -2.51. The lowest BCUT2D eigenvalue weighted by molar-refractivity contribution is -0.132. The molecule has 0 aliphatic carbocycles. The van der Waals surface area contributed by atoms with Crippen LogP contribution in [0.15, 0.2) is 42.5 Å². The van der Waals surface area contributed by atoms with Crippen molar-refractivity contribution in [3.8, 4) is 5.75 Å². The summed E-state index contributed by atoms with van der Waals surface area (Å²) in [5, 5.41) is 12.4. The molecule has 1 saturated heterocycles. The summed E-state index contributed by atoms with van der Waals surface area (Å²) in [5.41, 5.74) is 0.809. The van der Waals surface area contributed by atoms with Gasteiger partial charge in [0.25, 0.3) is 0 Å². The molecule has 0 aromatic heterocycles. The Morgan fingerprint density at radius 1 is 1.12 bits per heavy atom. The molecule has 1 amide bonds. The zero-order valence-corrected chi connectivity index (χ0v) is 20.5. The lowest BCUT2D eigenvalue weighted by Gasteiger charge is -2.40. The molecule has 1 aliphatic heterocycles. The van der Waals surface area contributed by atoms with Crippen LogP contribution in [-0.2, 0) is 16.8 Å². The molecule has 0 saturated carbocycles. The van der Waals surface area contributed by atoms with Gasteiger partial charge in [0.05, 0.1) is 29.2 Å². The molecular weight excluding hydrogens is 447 g/mol. The number of nitrogens with zero attached hydrogens (tertiary/aromatic N) is 2. The third-order valence-electron chi connectivity index (χ3n) is 6.52. The SMILES string of the molecule is CCC(O)(c1cccc(OC)c1)C(C)CN1CCN(C(=O)Cc2ccc(Cl)c(Cl)c2)CC1. The molecule has 7 heteroatoms. The normalized spacial score (nSPS) is 17.6. The lowest BCUT2D eigenvalue weighted by atomic mass is 9.79. The monoisotopic (exact) mass is 478 g/mol. The number of carbonyl (C=O) groups excluding carboxylic acids is 1. The van der Waals surface area contributed by atoms with Crippen LogP contribution in [0.3, 0.4) is 0 Å². The van der Waals surface area contributed by atoms with E-state index in [0.29, 0.717) is 36.0 Å². The predicted octanol–water partition coefficient (Wildman–Crippen LogP) is 4.62. The predicted molar refractivity (Wildman–Crippen MR) is 130 cm³/mol. The van der Waals surface area contributed by atoms with Gasteiger partial charge in [-0.05, 0) is 41.8 Å². The van der Waals surface area contributed by atoms with Gasteiger partial charge in [0.1, 0.15) is 5.75 Å². The summed E-state index contributed by atoms with van der Waals surface area (Å²) >= 11 is 12.0. The van der Waals surface area contributed by atoms with Crippen LogP contribution in [0.1, 0.15) is 31.4 Å². The summed E-state index contributed by atoms with van der Waals surface area (Å²) in [5.74, 6) is 0.867. The van der Waals surface area contributed by atoms with E-state index in [9.17, 15) is 9.90 Å². The molecule has 0 bridgehead atoms. The Morgan fingerprint density at radius 2 is 1.84 bits per heavy atom. The molecule has 3 rings (SSSR count). The van der Waals surface area contributed by atoms with E-state index in [0.717, 1.165) is 36.5 Å². The van der Waals surface area contributed by atoms with Crippen molar-refractivity contribution in [3.63, 3.8) is 0 Å². The second-order valence-electron chi connectivity index (χ2n) is 8.52. The van der Waals surface area contributed by atoms with Crippen molar-refractivity contribution in [2.75, 3.05) is 39.8 Å². The summed E-state index contributed by atoms with van der Waals surface area (Å²) in [6.07, 6.45) is 0.933. The van der Waals surface area contributed by atoms with Crippen LogP contribution in [0.4, 0.5) is 0 Å². The molecule has 2 aromatic carbocycles. The molecule has 1 N–H and O–H groups in total. The van der Waals surface area contributed by atoms with E-state index in [-0.39, 0.29) is 11.8 Å². The van der Waals surface area contributed by atoms with Gasteiger partial charge in [-0.3, -0.25) is 9.69 Å². The number of ether oxygens (including phenoxy) is 1. The summed E-state index contributed by atoms with van der Waals surface area (Å²) in [7, 11) is 1.63. The largest absolute Gasteiger partial charge is 0.497 e. The third kappa shape index (κ3) is 5.76. The van der Waals surface area contributed by atoms with E-state index in [2.05, 4.69) is 11.8 Å². The average Bonchev–Trinajstić information content (AvgIpc) is 2.81. The van der Waals surface area contributed by atoms with Gasteiger partial charge in [-0.2, -0.15) is 0 Å². The van der Waals surface area contributed by atoms with E-state index in [1.807, 2.05) is 42.2 Å². The van der Waals surface area contributed by atoms with Gasteiger partial charge in [0.2, 0.25) is 5.91 Å². The number of hydrogen-bond donors (Lipinski definition) is 1. The summed E-state index contributed by atoms with van der Waals surface area (Å²) < 4.78 is 5.34. The topological polar surface area (TPSA) is 53.0 Å². The molecule has 2 aromatic rings. The Kier molecular flexibility index (Phi) is 8.45. The number of amides is 1. The van der Waals surface area contributed by atoms with Gasteiger partial charge in [0.15, 0.2) is 0 Å². The molecule has 174 valence electrons. The summed E-state index contributed by atoms with van der Waals surface area (Å²) in [6.45, 7) is 7.79. The number of methoxy groups -OCH3 is 1. The molecular formula is C25H32Cl2N2O3.